The van der Waals surface area contributed by atoms with Crippen LogP contribution in [-0.2, 0) is 24.0 Å². The normalized spacial score (nSPS) is 18.7. The minimum Gasteiger partial charge on any atom is -0.480 e. The molecule has 1 aliphatic heterocycles. The number of carbonyl (C=O) groups excluding carboxylic acids is 4. The van der Waals surface area contributed by atoms with Crippen molar-refractivity contribution in [1.82, 2.24) is 15.5 Å². The predicted octanol–water partition coefficient (Wildman–Crippen LogP) is -2.63. The average Bonchev–Trinajstić information content (AvgIpc) is 3.22. The van der Waals surface area contributed by atoms with Crippen molar-refractivity contribution in [3.8, 4) is 0 Å². The molecule has 0 radical (unpaired) electrons. The van der Waals surface area contributed by atoms with E-state index in [1.54, 1.807) is 0 Å². The number of carbonyl (C=O) groups is 5. The van der Waals surface area contributed by atoms with Crippen LogP contribution in [0.2, 0.25) is 0 Å². The molecule has 1 rings (SSSR count). The van der Waals surface area contributed by atoms with E-state index in [-0.39, 0.29) is 25.8 Å². The molecule has 1 saturated heterocycles. The molecule has 0 aromatic carbocycles. The van der Waals surface area contributed by atoms with Gasteiger partial charge in [0.05, 0.1) is 6.61 Å². The largest absolute Gasteiger partial charge is 0.480 e. The van der Waals surface area contributed by atoms with Crippen LogP contribution in [0, 0.1) is 0 Å². The number of nitrogens with one attached hydrogen (secondary N) is 2. The zero-order valence-electron chi connectivity index (χ0n) is 17.4. The molecule has 0 aromatic heterocycles. The van der Waals surface area contributed by atoms with Crippen LogP contribution in [0.25, 0.3) is 0 Å². The fourth-order valence-electron chi connectivity index (χ4n) is 3.17. The van der Waals surface area contributed by atoms with E-state index in [0.717, 1.165) is 0 Å². The molecule has 8 N–H and O–H groups in total. The van der Waals surface area contributed by atoms with E-state index in [0.29, 0.717) is 18.6 Å². The van der Waals surface area contributed by atoms with Crippen LogP contribution in [0.15, 0.2) is 0 Å². The summed E-state index contributed by atoms with van der Waals surface area (Å²) in [6.07, 6.45) is 2.62. The Morgan fingerprint density at radius 1 is 1.13 bits per heavy atom. The van der Waals surface area contributed by atoms with Crippen LogP contribution in [0.1, 0.15) is 32.1 Å². The Labute approximate surface area is 184 Å². The van der Waals surface area contributed by atoms with E-state index in [9.17, 15) is 29.1 Å². The SMILES string of the molecule is CSCCC(NC(=O)C(CCC(N)=O)NC(=O)C(N)CO)C(=O)N1CCCC1C(=O)O. The van der Waals surface area contributed by atoms with Crippen molar-refractivity contribution in [1.29, 1.82) is 0 Å². The number of carboxylic acid groups (broad SMARTS) is 1. The van der Waals surface area contributed by atoms with Gasteiger partial charge in [0.1, 0.15) is 24.2 Å². The number of carboxylic acids is 1. The Morgan fingerprint density at radius 3 is 2.32 bits per heavy atom. The first-order valence-corrected chi connectivity index (χ1v) is 11.3. The highest BCUT2D eigenvalue weighted by Crippen LogP contribution is 2.20. The van der Waals surface area contributed by atoms with E-state index < -0.39 is 60.4 Å². The highest BCUT2D eigenvalue weighted by Gasteiger charge is 2.38. The van der Waals surface area contributed by atoms with E-state index in [4.69, 9.17) is 16.6 Å². The summed E-state index contributed by atoms with van der Waals surface area (Å²) in [6.45, 7) is -0.370. The van der Waals surface area contributed by atoms with Crippen molar-refractivity contribution < 1.29 is 34.2 Å². The van der Waals surface area contributed by atoms with Gasteiger partial charge in [-0.25, -0.2) is 4.79 Å². The lowest BCUT2D eigenvalue weighted by Gasteiger charge is -2.29. The minimum absolute atomic E-state index is 0.129. The summed E-state index contributed by atoms with van der Waals surface area (Å²) >= 11 is 1.45. The maximum atomic E-state index is 13.0. The number of rotatable bonds is 13. The van der Waals surface area contributed by atoms with Crippen molar-refractivity contribution in [2.45, 2.75) is 56.3 Å². The number of hydrogen-bond donors (Lipinski definition) is 6. The lowest BCUT2D eigenvalue weighted by Crippen LogP contribution is -2.57. The van der Waals surface area contributed by atoms with Gasteiger partial charge < -0.3 is 37.2 Å². The lowest BCUT2D eigenvalue weighted by molar-refractivity contribution is -0.149. The van der Waals surface area contributed by atoms with Gasteiger partial charge in [-0.3, -0.25) is 19.2 Å². The molecule has 31 heavy (non-hydrogen) atoms. The van der Waals surface area contributed by atoms with E-state index in [2.05, 4.69) is 10.6 Å². The van der Waals surface area contributed by atoms with Gasteiger partial charge in [-0.05, 0) is 37.7 Å². The molecule has 0 saturated carbocycles. The molecule has 0 spiro atoms. The summed E-state index contributed by atoms with van der Waals surface area (Å²) in [6, 6.07) is -4.43. The first-order valence-electron chi connectivity index (χ1n) is 9.90. The molecule has 1 fully saturated rings. The van der Waals surface area contributed by atoms with Gasteiger partial charge in [0, 0.05) is 13.0 Å². The average molecular weight is 462 g/mol. The van der Waals surface area contributed by atoms with Crippen LogP contribution in [0.4, 0.5) is 0 Å². The Hall–Kier alpha value is -2.38. The number of primary amides is 1. The second-order valence-electron chi connectivity index (χ2n) is 7.23. The van der Waals surface area contributed by atoms with Gasteiger partial charge >= 0.3 is 5.97 Å². The second kappa shape index (κ2) is 13.1. The van der Waals surface area contributed by atoms with Crippen molar-refractivity contribution in [3.63, 3.8) is 0 Å². The Morgan fingerprint density at radius 2 is 1.77 bits per heavy atom. The van der Waals surface area contributed by atoms with Gasteiger partial charge in [-0.1, -0.05) is 0 Å². The van der Waals surface area contributed by atoms with Gasteiger partial charge in [0.25, 0.3) is 0 Å². The molecule has 176 valence electrons. The van der Waals surface area contributed by atoms with Crippen LogP contribution in [-0.4, -0.2) is 94.0 Å². The molecule has 4 unspecified atom stereocenters. The number of nitrogens with two attached hydrogens (primary N) is 2. The summed E-state index contributed by atoms with van der Waals surface area (Å²) in [5.74, 6) is -3.31. The monoisotopic (exact) mass is 461 g/mol. The van der Waals surface area contributed by atoms with E-state index in [1.165, 1.54) is 16.7 Å². The topological polar surface area (TPSA) is 205 Å². The summed E-state index contributed by atoms with van der Waals surface area (Å²) in [7, 11) is 0. The number of aliphatic hydroxyl groups excluding tert-OH is 1. The molecule has 0 aliphatic carbocycles. The third kappa shape index (κ3) is 8.34. The van der Waals surface area contributed by atoms with E-state index >= 15 is 0 Å². The predicted molar refractivity (Wildman–Crippen MR) is 113 cm³/mol. The van der Waals surface area contributed by atoms with Gasteiger partial charge in [-0.2, -0.15) is 11.8 Å². The van der Waals surface area contributed by atoms with Crippen molar-refractivity contribution in [2.75, 3.05) is 25.2 Å². The molecule has 13 heteroatoms. The summed E-state index contributed by atoms with van der Waals surface area (Å²) in [5.41, 5.74) is 10.6. The highest BCUT2D eigenvalue weighted by molar-refractivity contribution is 7.98. The van der Waals surface area contributed by atoms with Gasteiger partial charge in [-0.15, -0.1) is 0 Å². The molecule has 0 bridgehead atoms. The summed E-state index contributed by atoms with van der Waals surface area (Å²) < 4.78 is 0. The Bertz CT molecular complexity index is 678. The van der Waals surface area contributed by atoms with Crippen LogP contribution >= 0.6 is 11.8 Å². The summed E-state index contributed by atoms with van der Waals surface area (Å²) in [5, 5.41) is 23.3. The van der Waals surface area contributed by atoms with Crippen molar-refractivity contribution in [3.05, 3.63) is 0 Å². The molecule has 0 aromatic rings. The number of thioether (sulfide) groups is 1. The third-order valence-corrected chi connectivity index (χ3v) is 5.54. The zero-order chi connectivity index (χ0) is 23.6. The fourth-order valence-corrected chi connectivity index (χ4v) is 3.64. The standard InChI is InChI=1S/C18H31N5O7S/c1-31-8-6-12(17(28)23-7-2-3-13(23)18(29)30)22-16(27)11(4-5-14(20)25)21-15(26)10(19)9-24/h10-13,24H,2-9,19H2,1H3,(H2,20,25)(H,21,26)(H,22,27)(H,29,30). The molecular weight excluding hydrogens is 430 g/mol. The number of nitrogens with zero attached hydrogens (tertiary/aromatic N) is 1. The third-order valence-electron chi connectivity index (χ3n) is 4.89. The van der Waals surface area contributed by atoms with Crippen LogP contribution in [0.5, 0.6) is 0 Å². The smallest absolute Gasteiger partial charge is 0.326 e. The number of aliphatic hydroxyl groups is 1. The zero-order valence-corrected chi connectivity index (χ0v) is 18.2. The number of hydrogen-bond acceptors (Lipinski definition) is 8. The minimum atomic E-state index is -1.27. The van der Waals surface area contributed by atoms with Crippen molar-refractivity contribution >= 4 is 41.4 Å². The Kier molecular flexibility index (Phi) is 11.3. The van der Waals surface area contributed by atoms with Gasteiger partial charge in [0.2, 0.25) is 23.6 Å². The molecule has 4 amide bonds. The first kappa shape index (κ1) is 26.7. The maximum Gasteiger partial charge on any atom is 0.326 e. The molecule has 1 heterocycles. The number of amides is 4. The summed E-state index contributed by atoms with van der Waals surface area (Å²) in [4.78, 5) is 61.7. The maximum absolute atomic E-state index is 13.0. The van der Waals surface area contributed by atoms with Crippen LogP contribution < -0.4 is 22.1 Å². The highest BCUT2D eigenvalue weighted by atomic mass is 32.2. The molecule has 12 nitrogen and oxygen atoms in total. The first-order chi connectivity index (χ1) is 14.6. The second-order valence-corrected chi connectivity index (χ2v) is 8.21. The molecular formula is C18H31N5O7S. The quantitative estimate of drug-likeness (QED) is 0.169. The van der Waals surface area contributed by atoms with Gasteiger partial charge in [0.15, 0.2) is 0 Å². The number of likely N-dealkylation sites (tertiary alicyclic amines) is 1. The molecule has 4 atom stereocenters. The van der Waals surface area contributed by atoms with Crippen LogP contribution in [0.3, 0.4) is 0 Å². The fraction of sp³-hybridized carbons (Fsp3) is 0.722. The number of aliphatic carboxylic acids is 1. The van der Waals surface area contributed by atoms with Crippen molar-refractivity contribution in [2.24, 2.45) is 11.5 Å². The lowest BCUT2D eigenvalue weighted by atomic mass is 10.1. The Balaban J connectivity index is 2.97. The molecule has 1 aliphatic rings. The van der Waals surface area contributed by atoms with E-state index in [1.807, 2.05) is 6.26 Å².